The SMILES string of the molecule is Cc1ccc(C)c(-c2nn(C)c(CCN)c2Br)c1. The molecular formula is C14H18BrN3. The summed E-state index contributed by atoms with van der Waals surface area (Å²) >= 11 is 3.66. The molecule has 0 radical (unpaired) electrons. The number of hydrogen-bond donors (Lipinski definition) is 1. The van der Waals surface area contributed by atoms with Gasteiger partial charge in [-0.05, 0) is 48.0 Å². The predicted octanol–water partition coefficient (Wildman–Crippen LogP) is 2.97. The second kappa shape index (κ2) is 5.24. The third kappa shape index (κ3) is 2.35. The Balaban J connectivity index is 2.57. The second-order valence-corrected chi connectivity index (χ2v) is 5.38. The summed E-state index contributed by atoms with van der Waals surface area (Å²) in [7, 11) is 1.96. The first kappa shape index (κ1) is 13.3. The maximum atomic E-state index is 5.64. The number of nitrogens with two attached hydrogens (primary N) is 1. The van der Waals surface area contributed by atoms with Crippen LogP contribution in [0.15, 0.2) is 22.7 Å². The summed E-state index contributed by atoms with van der Waals surface area (Å²) in [5.41, 5.74) is 11.4. The zero-order valence-electron chi connectivity index (χ0n) is 11.0. The molecule has 0 spiro atoms. The topological polar surface area (TPSA) is 43.8 Å². The van der Waals surface area contributed by atoms with Crippen LogP contribution in [0.4, 0.5) is 0 Å². The smallest absolute Gasteiger partial charge is 0.107 e. The minimum atomic E-state index is 0.629. The van der Waals surface area contributed by atoms with Gasteiger partial charge in [0.05, 0.1) is 10.2 Å². The number of rotatable bonds is 3. The number of aromatic nitrogens is 2. The third-order valence-electron chi connectivity index (χ3n) is 3.13. The predicted molar refractivity (Wildman–Crippen MR) is 78.6 cm³/mol. The summed E-state index contributed by atoms with van der Waals surface area (Å²) in [5, 5.41) is 4.62. The fraction of sp³-hybridized carbons (Fsp3) is 0.357. The standard InChI is InChI=1S/C14H18BrN3/c1-9-4-5-10(2)11(8-9)14-13(15)12(6-7-16)18(3)17-14/h4-5,8H,6-7,16H2,1-3H3. The Kier molecular flexibility index (Phi) is 3.88. The van der Waals surface area contributed by atoms with Gasteiger partial charge in [-0.3, -0.25) is 4.68 Å². The van der Waals surface area contributed by atoms with Crippen molar-refractivity contribution in [1.29, 1.82) is 0 Å². The van der Waals surface area contributed by atoms with Gasteiger partial charge < -0.3 is 5.73 Å². The highest BCUT2D eigenvalue weighted by molar-refractivity contribution is 9.10. The van der Waals surface area contributed by atoms with Gasteiger partial charge >= 0.3 is 0 Å². The van der Waals surface area contributed by atoms with Crippen molar-refractivity contribution in [3.05, 3.63) is 39.5 Å². The molecular weight excluding hydrogens is 290 g/mol. The Morgan fingerprint density at radius 1 is 1.33 bits per heavy atom. The zero-order valence-corrected chi connectivity index (χ0v) is 12.6. The molecule has 2 rings (SSSR count). The van der Waals surface area contributed by atoms with Crippen LogP contribution in [0.5, 0.6) is 0 Å². The molecule has 1 heterocycles. The first-order valence-corrected chi connectivity index (χ1v) is 6.83. The maximum absolute atomic E-state index is 5.64. The van der Waals surface area contributed by atoms with E-state index in [2.05, 4.69) is 53.1 Å². The molecule has 96 valence electrons. The lowest BCUT2D eigenvalue weighted by Crippen LogP contribution is -2.07. The molecule has 18 heavy (non-hydrogen) atoms. The highest BCUT2D eigenvalue weighted by atomic mass is 79.9. The highest BCUT2D eigenvalue weighted by Crippen LogP contribution is 2.32. The van der Waals surface area contributed by atoms with Crippen molar-refractivity contribution in [2.45, 2.75) is 20.3 Å². The number of hydrogen-bond acceptors (Lipinski definition) is 2. The molecule has 0 unspecified atom stereocenters. The van der Waals surface area contributed by atoms with Crippen LogP contribution < -0.4 is 5.73 Å². The molecule has 0 saturated heterocycles. The Hall–Kier alpha value is -1.13. The molecule has 2 N–H and O–H groups in total. The fourth-order valence-corrected chi connectivity index (χ4v) is 2.85. The Morgan fingerprint density at radius 3 is 2.72 bits per heavy atom. The van der Waals surface area contributed by atoms with Crippen molar-refractivity contribution in [2.75, 3.05) is 6.54 Å². The zero-order chi connectivity index (χ0) is 13.3. The van der Waals surface area contributed by atoms with Gasteiger partial charge in [0, 0.05) is 19.0 Å². The molecule has 0 saturated carbocycles. The Morgan fingerprint density at radius 2 is 2.06 bits per heavy atom. The van der Waals surface area contributed by atoms with E-state index >= 15 is 0 Å². The largest absolute Gasteiger partial charge is 0.330 e. The van der Waals surface area contributed by atoms with Crippen molar-refractivity contribution in [3.8, 4) is 11.3 Å². The van der Waals surface area contributed by atoms with E-state index in [0.29, 0.717) is 6.54 Å². The molecule has 1 aromatic carbocycles. The average Bonchev–Trinajstić information content (AvgIpc) is 2.61. The first-order chi connectivity index (χ1) is 8.54. The van der Waals surface area contributed by atoms with Gasteiger partial charge in [-0.1, -0.05) is 17.7 Å². The van der Waals surface area contributed by atoms with Crippen molar-refractivity contribution in [1.82, 2.24) is 9.78 Å². The molecule has 1 aromatic heterocycles. The van der Waals surface area contributed by atoms with E-state index in [1.54, 1.807) is 0 Å². The van der Waals surface area contributed by atoms with E-state index in [0.717, 1.165) is 22.3 Å². The van der Waals surface area contributed by atoms with Crippen molar-refractivity contribution in [3.63, 3.8) is 0 Å². The molecule has 0 bridgehead atoms. The summed E-state index contributed by atoms with van der Waals surface area (Å²) < 4.78 is 2.97. The number of benzene rings is 1. The molecule has 4 heteroatoms. The van der Waals surface area contributed by atoms with Crippen LogP contribution in [-0.2, 0) is 13.5 Å². The van der Waals surface area contributed by atoms with Gasteiger partial charge in [0.25, 0.3) is 0 Å². The quantitative estimate of drug-likeness (QED) is 0.947. The first-order valence-electron chi connectivity index (χ1n) is 6.03. The second-order valence-electron chi connectivity index (χ2n) is 4.59. The van der Waals surface area contributed by atoms with Crippen molar-refractivity contribution >= 4 is 15.9 Å². The minimum Gasteiger partial charge on any atom is -0.330 e. The molecule has 2 aromatic rings. The third-order valence-corrected chi connectivity index (χ3v) is 3.96. The molecule has 0 aliphatic carbocycles. The van der Waals surface area contributed by atoms with Crippen LogP contribution in [0, 0.1) is 13.8 Å². The van der Waals surface area contributed by atoms with Crippen LogP contribution in [0.2, 0.25) is 0 Å². The summed E-state index contributed by atoms with van der Waals surface area (Å²) in [6, 6.07) is 6.43. The van der Waals surface area contributed by atoms with E-state index in [4.69, 9.17) is 5.73 Å². The van der Waals surface area contributed by atoms with E-state index in [9.17, 15) is 0 Å². The van der Waals surface area contributed by atoms with Gasteiger partial charge in [-0.25, -0.2) is 0 Å². The Bertz CT molecular complexity index is 573. The van der Waals surface area contributed by atoms with Gasteiger partial charge in [0.1, 0.15) is 5.69 Å². The molecule has 0 aliphatic heterocycles. The van der Waals surface area contributed by atoms with Gasteiger partial charge in [0.15, 0.2) is 0 Å². The van der Waals surface area contributed by atoms with Gasteiger partial charge in [-0.2, -0.15) is 5.10 Å². The lowest BCUT2D eigenvalue weighted by Gasteiger charge is -2.04. The van der Waals surface area contributed by atoms with E-state index in [-0.39, 0.29) is 0 Å². The number of halogens is 1. The normalized spacial score (nSPS) is 10.9. The minimum absolute atomic E-state index is 0.629. The van der Waals surface area contributed by atoms with E-state index in [1.165, 1.54) is 16.7 Å². The number of aryl methyl sites for hydroxylation is 3. The van der Waals surface area contributed by atoms with Crippen LogP contribution in [0.3, 0.4) is 0 Å². The lowest BCUT2D eigenvalue weighted by atomic mass is 10.0. The summed E-state index contributed by atoms with van der Waals surface area (Å²) in [5.74, 6) is 0. The monoisotopic (exact) mass is 307 g/mol. The highest BCUT2D eigenvalue weighted by Gasteiger charge is 2.16. The van der Waals surface area contributed by atoms with Gasteiger partial charge in [-0.15, -0.1) is 0 Å². The fourth-order valence-electron chi connectivity index (χ4n) is 2.10. The molecule has 0 amide bonds. The molecule has 0 atom stereocenters. The van der Waals surface area contributed by atoms with Crippen molar-refractivity contribution in [2.24, 2.45) is 12.8 Å². The van der Waals surface area contributed by atoms with Crippen LogP contribution >= 0.6 is 15.9 Å². The average molecular weight is 308 g/mol. The molecule has 0 fully saturated rings. The maximum Gasteiger partial charge on any atom is 0.107 e. The Labute approximate surface area is 116 Å². The number of nitrogens with zero attached hydrogens (tertiary/aromatic N) is 2. The van der Waals surface area contributed by atoms with E-state index < -0.39 is 0 Å². The van der Waals surface area contributed by atoms with E-state index in [1.807, 2.05) is 11.7 Å². The van der Waals surface area contributed by atoms with Gasteiger partial charge in [0.2, 0.25) is 0 Å². The summed E-state index contributed by atoms with van der Waals surface area (Å²) in [6.07, 6.45) is 0.828. The summed E-state index contributed by atoms with van der Waals surface area (Å²) in [6.45, 7) is 4.84. The van der Waals surface area contributed by atoms with Crippen LogP contribution in [-0.4, -0.2) is 16.3 Å². The van der Waals surface area contributed by atoms with Crippen molar-refractivity contribution < 1.29 is 0 Å². The summed E-state index contributed by atoms with van der Waals surface area (Å²) in [4.78, 5) is 0. The van der Waals surface area contributed by atoms with Crippen LogP contribution in [0.25, 0.3) is 11.3 Å². The lowest BCUT2D eigenvalue weighted by molar-refractivity contribution is 0.707. The molecule has 3 nitrogen and oxygen atoms in total. The molecule has 0 aliphatic rings. The van der Waals surface area contributed by atoms with Crippen LogP contribution in [0.1, 0.15) is 16.8 Å².